The second kappa shape index (κ2) is 11.5. The monoisotopic (exact) mass is 539 g/mol. The minimum absolute atomic E-state index is 0. The Morgan fingerprint density at radius 1 is 1.06 bits per heavy atom. The Balaban J connectivity index is 0.00000272. The van der Waals surface area contributed by atoms with Crippen LogP contribution >= 0.6 is 24.0 Å². The van der Waals surface area contributed by atoms with Crippen LogP contribution in [-0.2, 0) is 11.2 Å². The number of carbonyl (C=O) groups is 1. The van der Waals surface area contributed by atoms with Crippen molar-refractivity contribution in [1.82, 2.24) is 20.0 Å². The molecule has 2 heterocycles. The fourth-order valence-electron chi connectivity index (χ4n) is 5.29. The molecular weight excluding hydrogens is 501 g/mol. The lowest BCUT2D eigenvalue weighted by atomic mass is 9.83. The zero-order valence-corrected chi connectivity index (χ0v) is 21.4. The first kappa shape index (κ1) is 24.3. The number of fused-ring (bicyclic) bond motifs is 1. The molecule has 2 atom stereocenters. The van der Waals surface area contributed by atoms with Crippen LogP contribution in [-0.4, -0.2) is 85.5 Å². The highest BCUT2D eigenvalue weighted by Gasteiger charge is 2.30. The Hall–Kier alpha value is -1.35. The van der Waals surface area contributed by atoms with Crippen molar-refractivity contribution in [2.24, 2.45) is 4.99 Å². The van der Waals surface area contributed by atoms with Gasteiger partial charge in [-0.05, 0) is 50.2 Å². The zero-order chi connectivity index (χ0) is 20.9. The third-order valence-electron chi connectivity index (χ3n) is 7.15. The van der Waals surface area contributed by atoms with E-state index in [0.29, 0.717) is 11.8 Å². The zero-order valence-electron chi connectivity index (χ0n) is 19.1. The standard InChI is InChI=1S/C24H37N5O.HI/c1-19(23(30)28-12-5-6-13-28)27-14-16-29(17-15-27)24(25-2)26-18-21-10-7-9-20-8-3-4-11-22(20)21;/h3-4,8,11,19,21H,5-7,9-10,12-18H2,1-2H3,(H,25,26);1H. The van der Waals surface area contributed by atoms with Gasteiger partial charge in [-0.3, -0.25) is 14.7 Å². The number of benzene rings is 1. The summed E-state index contributed by atoms with van der Waals surface area (Å²) in [5, 5.41) is 3.64. The summed E-state index contributed by atoms with van der Waals surface area (Å²) in [4.78, 5) is 24.0. The number of piperazine rings is 1. The molecule has 3 aliphatic rings. The number of guanidine groups is 1. The number of carbonyl (C=O) groups excluding carboxylic acids is 1. The maximum Gasteiger partial charge on any atom is 0.239 e. The molecule has 0 saturated carbocycles. The Labute approximate surface area is 204 Å². The summed E-state index contributed by atoms with van der Waals surface area (Å²) in [5.74, 6) is 1.86. The Bertz CT molecular complexity index is 756. The first-order valence-electron chi connectivity index (χ1n) is 11.7. The molecule has 172 valence electrons. The van der Waals surface area contributed by atoms with Gasteiger partial charge in [0.2, 0.25) is 5.91 Å². The largest absolute Gasteiger partial charge is 0.356 e. The van der Waals surface area contributed by atoms with Gasteiger partial charge < -0.3 is 15.1 Å². The summed E-state index contributed by atoms with van der Waals surface area (Å²) >= 11 is 0. The molecule has 2 aliphatic heterocycles. The van der Waals surface area contributed by atoms with Crippen LogP contribution in [0.15, 0.2) is 29.3 Å². The van der Waals surface area contributed by atoms with Crippen LogP contribution in [0.2, 0.25) is 0 Å². The van der Waals surface area contributed by atoms with Crippen LogP contribution in [0.25, 0.3) is 0 Å². The number of rotatable bonds is 4. The van der Waals surface area contributed by atoms with Crippen molar-refractivity contribution in [3.63, 3.8) is 0 Å². The van der Waals surface area contributed by atoms with E-state index in [0.717, 1.165) is 64.6 Å². The average Bonchev–Trinajstić information content (AvgIpc) is 3.34. The van der Waals surface area contributed by atoms with E-state index in [1.165, 1.54) is 30.4 Å². The van der Waals surface area contributed by atoms with Gasteiger partial charge in [0, 0.05) is 58.8 Å². The van der Waals surface area contributed by atoms with Crippen molar-refractivity contribution in [1.29, 1.82) is 0 Å². The van der Waals surface area contributed by atoms with Gasteiger partial charge in [-0.1, -0.05) is 24.3 Å². The second-order valence-corrected chi connectivity index (χ2v) is 8.95. The van der Waals surface area contributed by atoms with E-state index in [1.54, 1.807) is 0 Å². The molecule has 1 aromatic rings. The molecule has 0 aromatic heterocycles. The van der Waals surface area contributed by atoms with Gasteiger partial charge in [0.15, 0.2) is 5.96 Å². The summed E-state index contributed by atoms with van der Waals surface area (Å²) in [6, 6.07) is 8.87. The Morgan fingerprint density at radius 3 is 2.48 bits per heavy atom. The number of nitrogens with one attached hydrogen (secondary N) is 1. The Morgan fingerprint density at radius 2 is 1.77 bits per heavy atom. The third kappa shape index (κ3) is 5.72. The van der Waals surface area contributed by atoms with Crippen molar-refractivity contribution < 1.29 is 4.79 Å². The van der Waals surface area contributed by atoms with E-state index in [1.807, 2.05) is 11.9 Å². The fourth-order valence-corrected chi connectivity index (χ4v) is 5.29. The number of nitrogens with zero attached hydrogens (tertiary/aromatic N) is 4. The lowest BCUT2D eigenvalue weighted by molar-refractivity contribution is -0.135. The molecule has 2 fully saturated rings. The van der Waals surface area contributed by atoms with E-state index >= 15 is 0 Å². The summed E-state index contributed by atoms with van der Waals surface area (Å²) in [7, 11) is 1.88. The topological polar surface area (TPSA) is 51.2 Å². The van der Waals surface area contributed by atoms with Crippen molar-refractivity contribution in [2.75, 3.05) is 52.9 Å². The molecule has 0 spiro atoms. The van der Waals surface area contributed by atoms with Gasteiger partial charge in [-0.2, -0.15) is 0 Å². The van der Waals surface area contributed by atoms with Gasteiger partial charge >= 0.3 is 0 Å². The first-order chi connectivity index (χ1) is 14.7. The van der Waals surface area contributed by atoms with Gasteiger partial charge in [-0.25, -0.2) is 0 Å². The minimum atomic E-state index is -0.0148. The van der Waals surface area contributed by atoms with Crippen LogP contribution in [0.4, 0.5) is 0 Å². The Kier molecular flexibility index (Phi) is 9.01. The van der Waals surface area contributed by atoms with Crippen molar-refractivity contribution >= 4 is 35.8 Å². The van der Waals surface area contributed by atoms with Crippen LogP contribution in [0.3, 0.4) is 0 Å². The predicted octanol–water partition coefficient (Wildman–Crippen LogP) is 2.93. The van der Waals surface area contributed by atoms with Crippen molar-refractivity contribution in [2.45, 2.75) is 51.0 Å². The average molecular weight is 540 g/mol. The number of halogens is 1. The molecule has 1 aliphatic carbocycles. The number of amides is 1. The van der Waals surface area contributed by atoms with E-state index < -0.39 is 0 Å². The summed E-state index contributed by atoms with van der Waals surface area (Å²) in [6.07, 6.45) is 6.02. The molecule has 0 radical (unpaired) electrons. The smallest absolute Gasteiger partial charge is 0.239 e. The fraction of sp³-hybridized carbons (Fsp3) is 0.667. The third-order valence-corrected chi connectivity index (χ3v) is 7.15. The minimum Gasteiger partial charge on any atom is -0.356 e. The number of hydrogen-bond donors (Lipinski definition) is 1. The predicted molar refractivity (Wildman–Crippen MR) is 137 cm³/mol. The highest BCUT2D eigenvalue weighted by Crippen LogP contribution is 2.30. The summed E-state index contributed by atoms with van der Waals surface area (Å²) < 4.78 is 0. The second-order valence-electron chi connectivity index (χ2n) is 8.95. The molecule has 1 aromatic carbocycles. The lowest BCUT2D eigenvalue weighted by Gasteiger charge is -2.40. The normalized spacial score (nSPS) is 23.2. The highest BCUT2D eigenvalue weighted by atomic mass is 127. The highest BCUT2D eigenvalue weighted by molar-refractivity contribution is 14.0. The molecule has 0 bridgehead atoms. The van der Waals surface area contributed by atoms with Gasteiger partial charge in [0.05, 0.1) is 6.04 Å². The number of hydrogen-bond acceptors (Lipinski definition) is 3. The van der Waals surface area contributed by atoms with Crippen LogP contribution < -0.4 is 5.32 Å². The molecular formula is C24H38IN5O. The number of likely N-dealkylation sites (tertiary alicyclic amines) is 1. The molecule has 31 heavy (non-hydrogen) atoms. The molecule has 1 N–H and O–H groups in total. The molecule has 1 amide bonds. The van der Waals surface area contributed by atoms with E-state index in [4.69, 9.17) is 0 Å². The lowest BCUT2D eigenvalue weighted by Crippen LogP contribution is -2.57. The van der Waals surface area contributed by atoms with Gasteiger partial charge in [0.25, 0.3) is 0 Å². The van der Waals surface area contributed by atoms with E-state index in [-0.39, 0.29) is 30.0 Å². The summed E-state index contributed by atoms with van der Waals surface area (Å²) in [5.41, 5.74) is 3.02. The maximum atomic E-state index is 12.7. The van der Waals surface area contributed by atoms with Crippen molar-refractivity contribution in [3.8, 4) is 0 Å². The van der Waals surface area contributed by atoms with Crippen LogP contribution in [0.5, 0.6) is 0 Å². The van der Waals surface area contributed by atoms with Gasteiger partial charge in [-0.15, -0.1) is 24.0 Å². The molecule has 2 saturated heterocycles. The summed E-state index contributed by atoms with van der Waals surface area (Å²) in [6.45, 7) is 8.53. The first-order valence-corrected chi connectivity index (χ1v) is 11.7. The molecule has 6 nitrogen and oxygen atoms in total. The van der Waals surface area contributed by atoms with E-state index in [2.05, 4.69) is 51.3 Å². The number of aliphatic imine (C=N–C) groups is 1. The van der Waals surface area contributed by atoms with Crippen LogP contribution in [0, 0.1) is 0 Å². The van der Waals surface area contributed by atoms with Crippen molar-refractivity contribution in [3.05, 3.63) is 35.4 Å². The van der Waals surface area contributed by atoms with Gasteiger partial charge in [0.1, 0.15) is 0 Å². The SMILES string of the molecule is CN=C(NCC1CCCc2ccccc21)N1CCN(C(C)C(=O)N2CCCC2)CC1.I. The molecule has 2 unspecified atom stereocenters. The van der Waals surface area contributed by atoms with E-state index in [9.17, 15) is 4.79 Å². The molecule has 7 heteroatoms. The maximum absolute atomic E-state index is 12.7. The molecule has 4 rings (SSSR count). The van der Waals surface area contributed by atoms with Crippen LogP contribution in [0.1, 0.15) is 49.7 Å². The quantitative estimate of drug-likeness (QED) is 0.364. The number of aryl methyl sites for hydroxylation is 1.